The molecule has 0 bridgehead atoms. The summed E-state index contributed by atoms with van der Waals surface area (Å²) in [6, 6.07) is 7.14. The first-order chi connectivity index (χ1) is 14.0. The molecule has 1 aromatic carbocycles. The molecule has 29 heavy (non-hydrogen) atoms. The second-order valence-corrected chi connectivity index (χ2v) is 8.04. The fraction of sp³-hybridized carbons (Fsp3) is 0.500. The van der Waals surface area contributed by atoms with Gasteiger partial charge >= 0.3 is 6.03 Å². The summed E-state index contributed by atoms with van der Waals surface area (Å²) in [4.78, 5) is 37.1. The lowest BCUT2D eigenvalue weighted by atomic mass is 10.1. The quantitative estimate of drug-likeness (QED) is 0.675. The molecule has 0 aromatic heterocycles. The van der Waals surface area contributed by atoms with Crippen LogP contribution >= 0.6 is 11.6 Å². The van der Waals surface area contributed by atoms with E-state index in [9.17, 15) is 9.59 Å². The molecule has 3 aliphatic rings. The summed E-state index contributed by atoms with van der Waals surface area (Å²) in [5.74, 6) is 0.320. The van der Waals surface area contributed by atoms with Gasteiger partial charge in [0.1, 0.15) is 0 Å². The minimum Gasteiger partial charge on any atom is -0.368 e. The second-order valence-electron chi connectivity index (χ2n) is 7.64. The monoisotopic (exact) mass is 417 g/mol. The lowest BCUT2D eigenvalue weighted by molar-refractivity contribution is -0.500. The molecule has 3 amide bonds. The first-order valence-corrected chi connectivity index (χ1v) is 10.3. The molecule has 3 aliphatic heterocycles. The maximum Gasteiger partial charge on any atom is 0.333 e. The number of amides is 3. The van der Waals surface area contributed by atoms with Crippen molar-refractivity contribution in [2.45, 2.75) is 12.5 Å². The number of benzene rings is 1. The van der Waals surface area contributed by atoms with E-state index < -0.39 is 6.04 Å². The summed E-state index contributed by atoms with van der Waals surface area (Å²) in [5, 5.41) is 0.782. The van der Waals surface area contributed by atoms with Gasteiger partial charge in [-0.15, -0.1) is 0 Å². The Morgan fingerprint density at radius 1 is 1.14 bits per heavy atom. The smallest absolute Gasteiger partial charge is 0.333 e. The fourth-order valence-corrected chi connectivity index (χ4v) is 4.38. The van der Waals surface area contributed by atoms with Crippen LogP contribution < -0.4 is 4.90 Å². The molecular weight excluding hydrogens is 392 g/mol. The van der Waals surface area contributed by atoms with Gasteiger partial charge in [0.25, 0.3) is 24.1 Å². The Balaban J connectivity index is 1.28. The Morgan fingerprint density at radius 3 is 2.59 bits per heavy atom. The lowest BCUT2D eigenvalue weighted by Crippen LogP contribution is -2.62. The zero-order valence-electron chi connectivity index (χ0n) is 16.8. The molecule has 0 aliphatic carbocycles. The molecule has 0 saturated carbocycles. The molecule has 2 fully saturated rings. The molecule has 9 heteroatoms. The van der Waals surface area contributed by atoms with E-state index in [4.69, 9.17) is 11.6 Å². The number of likely N-dealkylation sites (N-methyl/N-ethyl adjacent to an activating group) is 2. The molecule has 8 nitrogen and oxygen atoms in total. The average molecular weight is 418 g/mol. The van der Waals surface area contributed by atoms with Crippen molar-refractivity contribution in [2.75, 3.05) is 58.3 Å². The predicted octanol–water partition coefficient (Wildman–Crippen LogP) is 1.20. The Morgan fingerprint density at radius 2 is 1.86 bits per heavy atom. The van der Waals surface area contributed by atoms with Gasteiger partial charge in [-0.3, -0.25) is 19.5 Å². The van der Waals surface area contributed by atoms with Crippen LogP contribution in [0.4, 0.5) is 10.5 Å². The van der Waals surface area contributed by atoms with Gasteiger partial charge < -0.3 is 4.90 Å². The number of halogens is 1. The van der Waals surface area contributed by atoms with Crippen molar-refractivity contribution in [3.63, 3.8) is 0 Å². The average Bonchev–Trinajstić information content (AvgIpc) is 3.12. The zero-order valence-corrected chi connectivity index (χ0v) is 17.5. The number of para-hydroxylation sites is 1. The zero-order chi connectivity index (χ0) is 20.5. The Labute approximate surface area is 175 Å². The molecule has 154 valence electrons. The summed E-state index contributed by atoms with van der Waals surface area (Å²) in [5.41, 5.74) is 1.08. The van der Waals surface area contributed by atoms with Gasteiger partial charge in [0.05, 0.1) is 17.8 Å². The minimum atomic E-state index is -0.489. The summed E-state index contributed by atoms with van der Waals surface area (Å²) in [6.45, 7) is 4.97. The number of carbonyl (C=O) groups is 2. The van der Waals surface area contributed by atoms with Gasteiger partial charge in [0, 0.05) is 39.8 Å². The van der Waals surface area contributed by atoms with Crippen LogP contribution in [0.25, 0.3) is 0 Å². The largest absolute Gasteiger partial charge is 0.368 e. The molecular formula is C20H26ClN6O2+. The molecule has 0 N–H and O–H groups in total. The van der Waals surface area contributed by atoms with E-state index in [-0.39, 0.29) is 11.9 Å². The standard InChI is InChI=1S/C20H26ClN6O2/c1-23-14-22-18-17(23)19(28)27(20(29)24(18)2)9-5-8-25-10-12-26(13-11-25)16-7-4-3-6-15(16)21/h3-4,6-7,14,17H,5,8-13H2,1-2H3/q+1. The molecule has 2 saturated heterocycles. The number of carbonyl (C=O) groups excluding carboxylic acids is 2. The van der Waals surface area contributed by atoms with Gasteiger partial charge in [-0.25, -0.2) is 9.37 Å². The Hall–Kier alpha value is -2.45. The third-order valence-corrected chi connectivity index (χ3v) is 6.13. The number of imide groups is 1. The van der Waals surface area contributed by atoms with Gasteiger partial charge in [-0.05, 0) is 30.1 Å². The number of hydrogen-bond acceptors (Lipinski definition) is 5. The van der Waals surface area contributed by atoms with Crippen molar-refractivity contribution in [3.8, 4) is 0 Å². The summed E-state index contributed by atoms with van der Waals surface area (Å²) >= 11 is 6.31. The Kier molecular flexibility index (Phi) is 5.56. The molecule has 1 atom stereocenters. The van der Waals surface area contributed by atoms with E-state index in [1.165, 1.54) is 9.80 Å². The third-order valence-electron chi connectivity index (χ3n) is 5.81. The number of aliphatic imine (C=N–C) groups is 1. The highest BCUT2D eigenvalue weighted by molar-refractivity contribution is 6.33. The summed E-state index contributed by atoms with van der Waals surface area (Å²) in [6.07, 6.45) is 2.35. The van der Waals surface area contributed by atoms with Crippen LogP contribution in [0.1, 0.15) is 6.42 Å². The van der Waals surface area contributed by atoms with Crippen LogP contribution in [0.15, 0.2) is 29.3 Å². The molecule has 3 heterocycles. The SMILES string of the molecule is CN1C(=O)N(CCCN2CCN(c3ccccc3Cl)CC2)C(=O)C2C1=NC=[N+]2C. The van der Waals surface area contributed by atoms with E-state index in [1.54, 1.807) is 25.0 Å². The van der Waals surface area contributed by atoms with Crippen LogP contribution in [0.5, 0.6) is 0 Å². The van der Waals surface area contributed by atoms with E-state index in [0.717, 1.165) is 49.9 Å². The normalized spacial score (nSPS) is 22.7. The highest BCUT2D eigenvalue weighted by Gasteiger charge is 2.50. The highest BCUT2D eigenvalue weighted by Crippen LogP contribution is 2.26. The molecule has 1 unspecified atom stereocenters. The van der Waals surface area contributed by atoms with Crippen LogP contribution in [0.2, 0.25) is 5.02 Å². The van der Waals surface area contributed by atoms with E-state index in [1.807, 2.05) is 18.2 Å². The van der Waals surface area contributed by atoms with Crippen molar-refractivity contribution in [1.82, 2.24) is 14.7 Å². The van der Waals surface area contributed by atoms with Crippen molar-refractivity contribution in [1.29, 1.82) is 0 Å². The number of piperazine rings is 1. The number of nitrogens with zero attached hydrogens (tertiary/aromatic N) is 6. The molecule has 0 radical (unpaired) electrons. The first kappa shape index (κ1) is 19.8. The maximum atomic E-state index is 12.8. The third kappa shape index (κ3) is 3.74. The molecule has 1 aromatic rings. The van der Waals surface area contributed by atoms with Crippen molar-refractivity contribution >= 4 is 41.4 Å². The maximum absolute atomic E-state index is 12.8. The highest BCUT2D eigenvalue weighted by atomic mass is 35.5. The number of fused-ring (bicyclic) bond motifs is 1. The predicted molar refractivity (Wildman–Crippen MR) is 113 cm³/mol. The van der Waals surface area contributed by atoms with Gasteiger partial charge in [0.15, 0.2) is 0 Å². The topological polar surface area (TPSA) is 62.5 Å². The molecule has 0 spiro atoms. The van der Waals surface area contributed by atoms with Crippen molar-refractivity contribution in [3.05, 3.63) is 29.3 Å². The van der Waals surface area contributed by atoms with Crippen LogP contribution in [0.3, 0.4) is 0 Å². The number of rotatable bonds is 5. The van der Waals surface area contributed by atoms with Crippen LogP contribution in [-0.4, -0.2) is 103 Å². The lowest BCUT2D eigenvalue weighted by Gasteiger charge is -2.37. The first-order valence-electron chi connectivity index (χ1n) is 9.91. The van der Waals surface area contributed by atoms with Gasteiger partial charge in [-0.2, -0.15) is 0 Å². The minimum absolute atomic E-state index is 0.188. The molecule has 4 rings (SSSR count). The van der Waals surface area contributed by atoms with E-state index in [2.05, 4.69) is 20.9 Å². The number of hydrogen-bond donors (Lipinski definition) is 0. The summed E-state index contributed by atoms with van der Waals surface area (Å²) < 4.78 is 1.75. The fourth-order valence-electron chi connectivity index (χ4n) is 4.12. The van der Waals surface area contributed by atoms with E-state index in [0.29, 0.717) is 12.4 Å². The van der Waals surface area contributed by atoms with Crippen molar-refractivity contribution in [2.24, 2.45) is 4.99 Å². The van der Waals surface area contributed by atoms with Crippen LogP contribution in [-0.2, 0) is 4.79 Å². The number of urea groups is 1. The van der Waals surface area contributed by atoms with Crippen molar-refractivity contribution < 1.29 is 14.2 Å². The van der Waals surface area contributed by atoms with Gasteiger partial charge in [-0.1, -0.05) is 23.7 Å². The second kappa shape index (κ2) is 8.12. The van der Waals surface area contributed by atoms with Gasteiger partial charge in [0.2, 0.25) is 0 Å². The summed E-state index contributed by atoms with van der Waals surface area (Å²) in [7, 11) is 3.48. The number of anilines is 1. The number of amidine groups is 1. The van der Waals surface area contributed by atoms with Crippen LogP contribution in [0, 0.1) is 0 Å². The van der Waals surface area contributed by atoms with E-state index >= 15 is 0 Å². The Bertz CT molecular complexity index is 877.